The van der Waals surface area contributed by atoms with Gasteiger partial charge in [-0.3, -0.25) is 4.79 Å². The molecule has 2 N–H and O–H groups in total. The predicted octanol–water partition coefficient (Wildman–Crippen LogP) is 3.87. The number of benzene rings is 2. The van der Waals surface area contributed by atoms with Crippen molar-refractivity contribution in [3.05, 3.63) is 60.5 Å². The van der Waals surface area contributed by atoms with Crippen LogP contribution in [0.2, 0.25) is 0 Å². The van der Waals surface area contributed by atoms with Gasteiger partial charge >= 0.3 is 0 Å². The molecule has 0 radical (unpaired) electrons. The summed E-state index contributed by atoms with van der Waals surface area (Å²) in [5.41, 5.74) is 2.55. The summed E-state index contributed by atoms with van der Waals surface area (Å²) in [6.07, 6.45) is 0. The molecule has 3 aromatic rings. The topological polar surface area (TPSA) is 80.0 Å². The summed E-state index contributed by atoms with van der Waals surface area (Å²) in [6, 6.07) is 16.9. The molecular weight excluding hydrogens is 304 g/mol. The quantitative estimate of drug-likeness (QED) is 0.745. The van der Waals surface area contributed by atoms with E-state index in [0.717, 1.165) is 16.9 Å². The standard InChI is InChI=1S/C18H18N4O2/c1-12(19-15-8-10-16(11-9-15)20-13(2)23)17-21-22-18(24-17)14-6-4-3-5-7-14/h3-12,19H,1-2H3,(H,20,23). The van der Waals surface area contributed by atoms with Crippen molar-refractivity contribution in [3.8, 4) is 11.5 Å². The molecule has 1 atom stereocenters. The first-order valence-corrected chi connectivity index (χ1v) is 7.65. The second-order valence-corrected chi connectivity index (χ2v) is 5.44. The van der Waals surface area contributed by atoms with E-state index in [4.69, 9.17) is 4.42 Å². The third-order valence-electron chi connectivity index (χ3n) is 3.42. The molecule has 0 saturated carbocycles. The Labute approximate surface area is 139 Å². The van der Waals surface area contributed by atoms with Crippen LogP contribution < -0.4 is 10.6 Å². The van der Waals surface area contributed by atoms with Crippen molar-refractivity contribution in [1.29, 1.82) is 0 Å². The highest BCUT2D eigenvalue weighted by atomic mass is 16.4. The summed E-state index contributed by atoms with van der Waals surface area (Å²) >= 11 is 0. The minimum atomic E-state index is -0.137. The van der Waals surface area contributed by atoms with E-state index in [9.17, 15) is 4.79 Å². The number of nitrogens with zero attached hydrogens (tertiary/aromatic N) is 2. The van der Waals surface area contributed by atoms with Crippen LogP contribution in [-0.2, 0) is 4.79 Å². The summed E-state index contributed by atoms with van der Waals surface area (Å²) in [5.74, 6) is 0.920. The second kappa shape index (κ2) is 6.95. The number of carbonyl (C=O) groups excluding carboxylic acids is 1. The number of carbonyl (C=O) groups is 1. The number of anilines is 2. The zero-order valence-corrected chi connectivity index (χ0v) is 13.5. The van der Waals surface area contributed by atoms with E-state index in [1.165, 1.54) is 6.92 Å². The minimum Gasteiger partial charge on any atom is -0.418 e. The Morgan fingerprint density at radius 3 is 2.33 bits per heavy atom. The van der Waals surface area contributed by atoms with E-state index in [2.05, 4.69) is 20.8 Å². The van der Waals surface area contributed by atoms with Crippen molar-refractivity contribution in [2.24, 2.45) is 0 Å². The molecule has 6 heteroatoms. The first-order valence-electron chi connectivity index (χ1n) is 7.65. The summed E-state index contributed by atoms with van der Waals surface area (Å²) in [4.78, 5) is 11.0. The average Bonchev–Trinajstić information content (AvgIpc) is 3.07. The van der Waals surface area contributed by atoms with E-state index in [-0.39, 0.29) is 11.9 Å². The molecule has 6 nitrogen and oxygen atoms in total. The van der Waals surface area contributed by atoms with Gasteiger partial charge in [0, 0.05) is 23.9 Å². The highest BCUT2D eigenvalue weighted by molar-refractivity contribution is 5.88. The third kappa shape index (κ3) is 3.78. The molecule has 1 amide bonds. The lowest BCUT2D eigenvalue weighted by molar-refractivity contribution is -0.114. The van der Waals surface area contributed by atoms with Gasteiger partial charge in [-0.05, 0) is 43.3 Å². The largest absolute Gasteiger partial charge is 0.418 e. The molecular formula is C18H18N4O2. The maximum Gasteiger partial charge on any atom is 0.247 e. The highest BCUT2D eigenvalue weighted by Crippen LogP contribution is 2.23. The van der Waals surface area contributed by atoms with Gasteiger partial charge in [-0.15, -0.1) is 10.2 Å². The maximum absolute atomic E-state index is 11.0. The van der Waals surface area contributed by atoms with Crippen LogP contribution in [0.3, 0.4) is 0 Å². The monoisotopic (exact) mass is 322 g/mol. The Morgan fingerprint density at radius 2 is 1.67 bits per heavy atom. The molecule has 2 aromatic carbocycles. The second-order valence-electron chi connectivity index (χ2n) is 5.44. The number of amides is 1. The first kappa shape index (κ1) is 15.7. The normalized spacial score (nSPS) is 11.8. The van der Waals surface area contributed by atoms with Crippen molar-refractivity contribution >= 4 is 17.3 Å². The van der Waals surface area contributed by atoms with Gasteiger partial charge < -0.3 is 15.1 Å². The lowest BCUT2D eigenvalue weighted by Crippen LogP contribution is -2.08. The number of rotatable bonds is 5. The number of aromatic nitrogens is 2. The summed E-state index contributed by atoms with van der Waals surface area (Å²) in [5, 5.41) is 14.2. The van der Waals surface area contributed by atoms with Gasteiger partial charge in [0.05, 0.1) is 0 Å². The van der Waals surface area contributed by atoms with E-state index in [1.807, 2.05) is 61.5 Å². The molecule has 0 aliphatic carbocycles. The van der Waals surface area contributed by atoms with Gasteiger partial charge in [0.1, 0.15) is 6.04 Å². The molecule has 122 valence electrons. The SMILES string of the molecule is CC(=O)Nc1ccc(NC(C)c2nnc(-c3ccccc3)o2)cc1. The van der Waals surface area contributed by atoms with E-state index in [0.29, 0.717) is 11.8 Å². The molecule has 3 rings (SSSR count). The molecule has 0 bridgehead atoms. The highest BCUT2D eigenvalue weighted by Gasteiger charge is 2.14. The molecule has 24 heavy (non-hydrogen) atoms. The number of hydrogen-bond acceptors (Lipinski definition) is 5. The molecule has 1 unspecified atom stereocenters. The van der Waals surface area contributed by atoms with Gasteiger partial charge in [0.15, 0.2) is 0 Å². The number of nitrogens with one attached hydrogen (secondary N) is 2. The molecule has 0 fully saturated rings. The van der Waals surface area contributed by atoms with Crippen molar-refractivity contribution in [1.82, 2.24) is 10.2 Å². The smallest absolute Gasteiger partial charge is 0.247 e. The Bertz CT molecular complexity index is 813. The van der Waals surface area contributed by atoms with Crippen LogP contribution in [-0.4, -0.2) is 16.1 Å². The van der Waals surface area contributed by atoms with E-state index < -0.39 is 0 Å². The zero-order chi connectivity index (χ0) is 16.9. The van der Waals surface area contributed by atoms with Gasteiger partial charge in [-0.1, -0.05) is 18.2 Å². The van der Waals surface area contributed by atoms with Crippen LogP contribution >= 0.6 is 0 Å². The fraction of sp³-hybridized carbons (Fsp3) is 0.167. The Morgan fingerprint density at radius 1 is 1.00 bits per heavy atom. The van der Waals surface area contributed by atoms with Gasteiger partial charge in [-0.25, -0.2) is 0 Å². The zero-order valence-electron chi connectivity index (χ0n) is 13.5. The Kier molecular flexibility index (Phi) is 4.56. The predicted molar refractivity (Wildman–Crippen MR) is 92.5 cm³/mol. The molecule has 0 aliphatic heterocycles. The van der Waals surface area contributed by atoms with Crippen LogP contribution in [0.15, 0.2) is 59.0 Å². The van der Waals surface area contributed by atoms with Crippen molar-refractivity contribution < 1.29 is 9.21 Å². The first-order chi connectivity index (χ1) is 11.6. The summed E-state index contributed by atoms with van der Waals surface area (Å²) in [6.45, 7) is 3.43. The van der Waals surface area contributed by atoms with Crippen molar-refractivity contribution in [2.75, 3.05) is 10.6 Å². The van der Waals surface area contributed by atoms with Crippen LogP contribution in [0.25, 0.3) is 11.5 Å². The van der Waals surface area contributed by atoms with Crippen molar-refractivity contribution in [2.45, 2.75) is 19.9 Å². The lowest BCUT2D eigenvalue weighted by Gasteiger charge is -2.12. The minimum absolute atomic E-state index is 0.0941. The number of hydrogen-bond donors (Lipinski definition) is 2. The Hall–Kier alpha value is -3.15. The third-order valence-corrected chi connectivity index (χ3v) is 3.42. The van der Waals surface area contributed by atoms with E-state index in [1.54, 1.807) is 0 Å². The average molecular weight is 322 g/mol. The molecule has 1 aromatic heterocycles. The van der Waals surface area contributed by atoms with E-state index >= 15 is 0 Å². The van der Waals surface area contributed by atoms with Crippen molar-refractivity contribution in [3.63, 3.8) is 0 Å². The fourth-order valence-electron chi connectivity index (χ4n) is 2.27. The summed E-state index contributed by atoms with van der Waals surface area (Å²) in [7, 11) is 0. The van der Waals surface area contributed by atoms with Crippen LogP contribution in [0.1, 0.15) is 25.8 Å². The van der Waals surface area contributed by atoms with Gasteiger partial charge in [-0.2, -0.15) is 0 Å². The van der Waals surface area contributed by atoms with Crippen LogP contribution in [0.4, 0.5) is 11.4 Å². The molecule has 1 heterocycles. The van der Waals surface area contributed by atoms with Gasteiger partial charge in [0.25, 0.3) is 0 Å². The lowest BCUT2D eigenvalue weighted by atomic mass is 10.2. The maximum atomic E-state index is 11.0. The molecule has 0 aliphatic rings. The van der Waals surface area contributed by atoms with Gasteiger partial charge in [0.2, 0.25) is 17.7 Å². The molecule has 0 saturated heterocycles. The van der Waals surface area contributed by atoms with Crippen LogP contribution in [0, 0.1) is 0 Å². The Balaban J connectivity index is 1.68. The summed E-state index contributed by atoms with van der Waals surface area (Å²) < 4.78 is 5.74. The molecule has 0 spiro atoms. The van der Waals surface area contributed by atoms with Crippen LogP contribution in [0.5, 0.6) is 0 Å². The fourth-order valence-corrected chi connectivity index (χ4v) is 2.27.